The molecule has 5 heteroatoms. The van der Waals surface area contributed by atoms with E-state index in [1.807, 2.05) is 0 Å². The van der Waals surface area contributed by atoms with Gasteiger partial charge in [0.15, 0.2) is 0 Å². The van der Waals surface area contributed by atoms with Crippen molar-refractivity contribution < 1.29 is 9.05 Å². The molecular formula is C5H14N2O2S. The van der Waals surface area contributed by atoms with Crippen LogP contribution < -0.4 is 5.43 Å². The molecule has 0 aromatic heterocycles. The molecule has 0 aromatic rings. The Balaban J connectivity index is 3.11. The van der Waals surface area contributed by atoms with Crippen molar-refractivity contribution in [3.05, 3.63) is 0 Å². The lowest BCUT2D eigenvalue weighted by Crippen LogP contribution is -2.32. The summed E-state index contributed by atoms with van der Waals surface area (Å²) in [6.07, 6.45) is 1.66. The van der Waals surface area contributed by atoms with E-state index < -0.39 is 10.8 Å². The van der Waals surface area contributed by atoms with Crippen LogP contribution >= 0.6 is 0 Å². The van der Waals surface area contributed by atoms with E-state index in [0.29, 0.717) is 12.4 Å². The van der Waals surface area contributed by atoms with E-state index in [9.17, 15) is 4.21 Å². The second-order valence-corrected chi connectivity index (χ2v) is 3.39. The fourth-order valence-corrected chi connectivity index (χ4v) is 0.665. The fourth-order valence-electron chi connectivity index (χ4n) is 0.356. The molecule has 1 unspecified atom stereocenters. The first-order chi connectivity index (χ1) is 4.66. The van der Waals surface area contributed by atoms with E-state index >= 15 is 0 Å². The second kappa shape index (κ2) is 5.79. The summed E-state index contributed by atoms with van der Waals surface area (Å²) in [7, 11) is 2.74. The molecule has 62 valence electrons. The van der Waals surface area contributed by atoms with Crippen molar-refractivity contribution in [1.29, 1.82) is 0 Å². The van der Waals surface area contributed by atoms with Gasteiger partial charge in [-0.25, -0.2) is 5.43 Å². The van der Waals surface area contributed by atoms with Gasteiger partial charge in [-0.1, -0.05) is 0 Å². The van der Waals surface area contributed by atoms with E-state index in [0.717, 1.165) is 0 Å². The molecule has 10 heavy (non-hydrogen) atoms. The molecule has 0 saturated carbocycles. The summed E-state index contributed by atoms with van der Waals surface area (Å²) in [5.41, 5.74) is 2.75. The van der Waals surface area contributed by atoms with Gasteiger partial charge in [-0.05, 0) is 0 Å². The second-order valence-electron chi connectivity index (χ2n) is 1.83. The number of hydrogen-bond acceptors (Lipinski definition) is 4. The highest BCUT2D eigenvalue weighted by Gasteiger charge is 1.94. The van der Waals surface area contributed by atoms with Crippen LogP contribution in [0.3, 0.4) is 0 Å². The van der Waals surface area contributed by atoms with Gasteiger partial charge in [-0.15, -0.1) is 5.17 Å². The average molecular weight is 166 g/mol. The highest BCUT2D eigenvalue weighted by Crippen LogP contribution is 1.80. The van der Waals surface area contributed by atoms with E-state index in [-0.39, 0.29) is 0 Å². The van der Waals surface area contributed by atoms with Crippen molar-refractivity contribution in [2.45, 2.75) is 0 Å². The van der Waals surface area contributed by atoms with E-state index in [4.69, 9.17) is 4.84 Å². The number of nitrogens with zero attached hydrogens (tertiary/aromatic N) is 1. The van der Waals surface area contributed by atoms with E-state index in [1.54, 1.807) is 20.4 Å². The molecule has 0 heterocycles. The van der Waals surface area contributed by atoms with Crippen LogP contribution in [0.25, 0.3) is 0 Å². The van der Waals surface area contributed by atoms with Crippen LogP contribution in [-0.4, -0.2) is 42.1 Å². The molecule has 0 aliphatic carbocycles. The number of hydroxylamine groups is 1. The van der Waals surface area contributed by atoms with Crippen LogP contribution in [0.1, 0.15) is 0 Å². The average Bonchev–Trinajstić information content (AvgIpc) is 1.87. The zero-order valence-electron chi connectivity index (χ0n) is 6.59. The van der Waals surface area contributed by atoms with Gasteiger partial charge >= 0.3 is 0 Å². The van der Waals surface area contributed by atoms with E-state index in [1.165, 1.54) is 5.17 Å². The molecule has 0 aliphatic rings. The van der Waals surface area contributed by atoms with Crippen LogP contribution in [-0.2, 0) is 15.6 Å². The zero-order valence-corrected chi connectivity index (χ0v) is 7.40. The number of rotatable bonds is 5. The maximum Gasteiger partial charge on any atom is 0.0816 e. The summed E-state index contributed by atoms with van der Waals surface area (Å²) in [6, 6.07) is 0. The van der Waals surface area contributed by atoms with Gasteiger partial charge in [0.25, 0.3) is 0 Å². The van der Waals surface area contributed by atoms with Crippen LogP contribution in [0.4, 0.5) is 0 Å². The minimum atomic E-state index is -0.763. The van der Waals surface area contributed by atoms with Crippen molar-refractivity contribution in [2.24, 2.45) is 0 Å². The summed E-state index contributed by atoms with van der Waals surface area (Å²) in [6.45, 7) is 0.487. The van der Waals surface area contributed by atoms with Crippen molar-refractivity contribution in [3.8, 4) is 0 Å². The van der Waals surface area contributed by atoms with Crippen molar-refractivity contribution >= 4 is 10.8 Å². The Hall–Kier alpha value is 0.0300. The maximum atomic E-state index is 10.5. The first-order valence-electron chi connectivity index (χ1n) is 3.01. The van der Waals surface area contributed by atoms with Crippen LogP contribution in [0.15, 0.2) is 0 Å². The quantitative estimate of drug-likeness (QED) is 0.552. The van der Waals surface area contributed by atoms with Crippen LogP contribution in [0.2, 0.25) is 0 Å². The monoisotopic (exact) mass is 166 g/mol. The van der Waals surface area contributed by atoms with Gasteiger partial charge in [-0.3, -0.25) is 9.05 Å². The van der Waals surface area contributed by atoms with Gasteiger partial charge in [0.1, 0.15) is 0 Å². The van der Waals surface area contributed by atoms with Gasteiger partial charge < -0.3 is 0 Å². The lowest BCUT2D eigenvalue weighted by Gasteiger charge is -2.13. The summed E-state index contributed by atoms with van der Waals surface area (Å²) < 4.78 is 10.5. The largest absolute Gasteiger partial charge is 0.283 e. The van der Waals surface area contributed by atoms with Crippen LogP contribution in [0, 0.1) is 0 Å². The molecule has 1 atom stereocenters. The standard InChI is InChI=1S/C5H14N2O2S/c1-6-7(2)9-4-5-10(3)8/h6H,4-5H2,1-3H3. The fraction of sp³-hybridized carbons (Fsp3) is 1.00. The highest BCUT2D eigenvalue weighted by molar-refractivity contribution is 7.84. The Kier molecular flexibility index (Phi) is 5.81. The lowest BCUT2D eigenvalue weighted by atomic mass is 10.9. The predicted molar refractivity (Wildman–Crippen MR) is 41.7 cm³/mol. The highest BCUT2D eigenvalue weighted by atomic mass is 32.2. The Bertz CT molecular complexity index is 110. The molecule has 0 rings (SSSR count). The lowest BCUT2D eigenvalue weighted by molar-refractivity contribution is -0.165. The van der Waals surface area contributed by atoms with Crippen molar-refractivity contribution in [3.63, 3.8) is 0 Å². The first kappa shape index (κ1) is 10.0. The number of hydrogen-bond donors (Lipinski definition) is 1. The minimum absolute atomic E-state index is 0.487. The third kappa shape index (κ3) is 6.15. The third-order valence-corrected chi connectivity index (χ3v) is 1.71. The normalized spacial score (nSPS) is 14.0. The number of nitrogens with one attached hydrogen (secondary N) is 1. The van der Waals surface area contributed by atoms with E-state index in [2.05, 4.69) is 5.43 Å². The Morgan fingerprint density at radius 2 is 2.30 bits per heavy atom. The predicted octanol–water partition coefficient (Wildman–Crippen LogP) is -0.637. The van der Waals surface area contributed by atoms with Crippen molar-refractivity contribution in [2.75, 3.05) is 32.7 Å². The molecule has 0 spiro atoms. The Labute approximate surface area is 63.9 Å². The minimum Gasteiger partial charge on any atom is -0.283 e. The smallest absolute Gasteiger partial charge is 0.0816 e. The molecule has 0 bridgehead atoms. The summed E-state index contributed by atoms with van der Waals surface area (Å²) in [5.74, 6) is 0.575. The molecule has 0 fully saturated rings. The third-order valence-electron chi connectivity index (χ3n) is 0.971. The molecule has 0 saturated heterocycles. The molecule has 0 amide bonds. The summed E-state index contributed by atoms with van der Waals surface area (Å²) >= 11 is 0. The SMILES string of the molecule is CNN(C)OCCS(C)=O. The molecule has 0 radical (unpaired) electrons. The molecular weight excluding hydrogens is 152 g/mol. The first-order valence-corrected chi connectivity index (χ1v) is 4.73. The van der Waals surface area contributed by atoms with Gasteiger partial charge in [0.05, 0.1) is 6.61 Å². The summed E-state index contributed by atoms with van der Waals surface area (Å²) in [5, 5.41) is 1.48. The maximum absolute atomic E-state index is 10.5. The molecule has 0 aromatic carbocycles. The van der Waals surface area contributed by atoms with Gasteiger partial charge in [-0.2, -0.15) is 0 Å². The number of hydrazine groups is 1. The topological polar surface area (TPSA) is 41.6 Å². The van der Waals surface area contributed by atoms with Gasteiger partial charge in [0, 0.05) is 36.9 Å². The Morgan fingerprint density at radius 3 is 2.70 bits per heavy atom. The molecule has 0 aliphatic heterocycles. The Morgan fingerprint density at radius 1 is 1.70 bits per heavy atom. The molecule has 1 N–H and O–H groups in total. The van der Waals surface area contributed by atoms with Crippen LogP contribution in [0.5, 0.6) is 0 Å². The molecule has 4 nitrogen and oxygen atoms in total. The van der Waals surface area contributed by atoms with Gasteiger partial charge in [0.2, 0.25) is 0 Å². The summed E-state index contributed by atoms with van der Waals surface area (Å²) in [4.78, 5) is 5.03. The zero-order chi connectivity index (χ0) is 7.98. The van der Waals surface area contributed by atoms with Crippen molar-refractivity contribution in [1.82, 2.24) is 10.6 Å².